The first kappa shape index (κ1) is 21.1. The van der Waals surface area contributed by atoms with Crippen LogP contribution in [0.15, 0.2) is 36.4 Å². The molecule has 0 N–H and O–H groups in total. The third-order valence-electron chi connectivity index (χ3n) is 5.18. The molecule has 5 heteroatoms. The number of benzene rings is 2. The van der Waals surface area contributed by atoms with E-state index >= 15 is 0 Å². The Labute approximate surface area is 169 Å². The van der Waals surface area contributed by atoms with Gasteiger partial charge in [0.05, 0.1) is 22.5 Å². The Bertz CT molecular complexity index is 883. The molecule has 146 valence electrons. The zero-order chi connectivity index (χ0) is 20.7. The second kappa shape index (κ2) is 9.67. The summed E-state index contributed by atoms with van der Waals surface area (Å²) in [5.41, 5.74) is 4.98. The van der Waals surface area contributed by atoms with E-state index in [0.717, 1.165) is 48.9 Å². The first-order valence-corrected chi connectivity index (χ1v) is 9.86. The smallest absolute Gasteiger partial charge is 0.101 e. The van der Waals surface area contributed by atoms with Gasteiger partial charge in [-0.15, -0.1) is 0 Å². The fourth-order valence-electron chi connectivity index (χ4n) is 3.49. The molecule has 2 rings (SSSR count). The standard InChI is InChI=1S/C23H29N5/c1-6-27(7-2)21-11-12-22(18(15-21)16-24)26(5)20-10-13-23(19(14-20)17-25)28(8-3)9-4/h10-15H,6-9H2,1-5H3. The van der Waals surface area contributed by atoms with E-state index < -0.39 is 0 Å². The summed E-state index contributed by atoms with van der Waals surface area (Å²) in [6, 6.07) is 16.5. The second-order valence-corrected chi connectivity index (χ2v) is 6.53. The zero-order valence-corrected chi connectivity index (χ0v) is 17.5. The van der Waals surface area contributed by atoms with E-state index in [0.29, 0.717) is 11.1 Å². The van der Waals surface area contributed by atoms with Crippen LogP contribution in [0.5, 0.6) is 0 Å². The molecule has 0 radical (unpaired) electrons. The van der Waals surface area contributed by atoms with Crippen molar-refractivity contribution in [3.05, 3.63) is 47.5 Å². The monoisotopic (exact) mass is 375 g/mol. The molecule has 0 unspecified atom stereocenters. The maximum atomic E-state index is 9.69. The lowest BCUT2D eigenvalue weighted by Crippen LogP contribution is -2.23. The third-order valence-corrected chi connectivity index (χ3v) is 5.18. The molecular weight excluding hydrogens is 346 g/mol. The molecule has 0 saturated heterocycles. The van der Waals surface area contributed by atoms with Crippen LogP contribution in [-0.2, 0) is 0 Å². The Hall–Kier alpha value is -3.18. The zero-order valence-electron chi connectivity index (χ0n) is 17.5. The average Bonchev–Trinajstić information content (AvgIpc) is 2.75. The van der Waals surface area contributed by atoms with Crippen molar-refractivity contribution in [2.45, 2.75) is 27.7 Å². The van der Waals surface area contributed by atoms with Gasteiger partial charge in [-0.25, -0.2) is 0 Å². The molecule has 0 spiro atoms. The molecule has 2 aromatic rings. The van der Waals surface area contributed by atoms with E-state index in [1.807, 2.05) is 42.3 Å². The normalized spacial score (nSPS) is 10.1. The summed E-state index contributed by atoms with van der Waals surface area (Å²) in [5.74, 6) is 0. The molecule has 0 amide bonds. The van der Waals surface area contributed by atoms with E-state index in [4.69, 9.17) is 0 Å². The van der Waals surface area contributed by atoms with Gasteiger partial charge in [-0.3, -0.25) is 0 Å². The fraction of sp³-hybridized carbons (Fsp3) is 0.391. The summed E-state index contributed by atoms with van der Waals surface area (Å²) >= 11 is 0. The number of hydrogen-bond donors (Lipinski definition) is 0. The van der Waals surface area contributed by atoms with Gasteiger partial charge in [-0.05, 0) is 64.1 Å². The predicted molar refractivity (Wildman–Crippen MR) is 117 cm³/mol. The van der Waals surface area contributed by atoms with Gasteiger partial charge in [0.1, 0.15) is 12.1 Å². The molecule has 0 aliphatic heterocycles. The quantitative estimate of drug-likeness (QED) is 0.657. The van der Waals surface area contributed by atoms with Gasteiger partial charge < -0.3 is 14.7 Å². The molecule has 28 heavy (non-hydrogen) atoms. The molecule has 0 bridgehead atoms. The van der Waals surface area contributed by atoms with Gasteiger partial charge in [0, 0.05) is 44.6 Å². The van der Waals surface area contributed by atoms with Crippen LogP contribution in [0.1, 0.15) is 38.8 Å². The second-order valence-electron chi connectivity index (χ2n) is 6.53. The molecule has 0 fully saturated rings. The fourth-order valence-corrected chi connectivity index (χ4v) is 3.49. The van der Waals surface area contributed by atoms with Crippen LogP contribution in [0.25, 0.3) is 0 Å². The lowest BCUT2D eigenvalue weighted by atomic mass is 10.1. The maximum absolute atomic E-state index is 9.69. The highest BCUT2D eigenvalue weighted by Gasteiger charge is 2.15. The van der Waals surface area contributed by atoms with Crippen molar-refractivity contribution in [1.82, 2.24) is 0 Å². The van der Waals surface area contributed by atoms with Crippen LogP contribution in [0.4, 0.5) is 22.7 Å². The summed E-state index contributed by atoms with van der Waals surface area (Å²) in [7, 11) is 1.93. The largest absolute Gasteiger partial charge is 0.372 e. The summed E-state index contributed by atoms with van der Waals surface area (Å²) < 4.78 is 0. The van der Waals surface area contributed by atoms with Crippen molar-refractivity contribution in [1.29, 1.82) is 10.5 Å². The summed E-state index contributed by atoms with van der Waals surface area (Å²) in [5, 5.41) is 19.3. The van der Waals surface area contributed by atoms with Gasteiger partial charge in [0.25, 0.3) is 0 Å². The van der Waals surface area contributed by atoms with E-state index in [1.165, 1.54) is 0 Å². The van der Waals surface area contributed by atoms with Crippen LogP contribution in [0.3, 0.4) is 0 Å². The lowest BCUT2D eigenvalue weighted by molar-refractivity contribution is 0.864. The highest BCUT2D eigenvalue weighted by atomic mass is 15.1. The highest BCUT2D eigenvalue weighted by molar-refractivity contribution is 5.75. The molecule has 0 aliphatic carbocycles. The summed E-state index contributed by atoms with van der Waals surface area (Å²) in [6.07, 6.45) is 0. The minimum absolute atomic E-state index is 0.623. The molecule has 0 aromatic heterocycles. The SMILES string of the molecule is CCN(CC)c1ccc(N(C)c2ccc(N(CC)CC)c(C#N)c2)c(C#N)c1. The van der Waals surface area contributed by atoms with Crippen LogP contribution in [0.2, 0.25) is 0 Å². The van der Waals surface area contributed by atoms with Crippen LogP contribution < -0.4 is 14.7 Å². The number of nitrogens with zero attached hydrogens (tertiary/aromatic N) is 5. The Morgan fingerprint density at radius 2 is 1.14 bits per heavy atom. The van der Waals surface area contributed by atoms with Gasteiger partial charge in [0.2, 0.25) is 0 Å². The van der Waals surface area contributed by atoms with Crippen LogP contribution >= 0.6 is 0 Å². The molecule has 0 heterocycles. The first-order chi connectivity index (χ1) is 13.5. The Kier molecular flexibility index (Phi) is 7.29. The third kappa shape index (κ3) is 4.21. The number of rotatable bonds is 8. The Morgan fingerprint density at radius 3 is 1.68 bits per heavy atom. The number of anilines is 4. The Morgan fingerprint density at radius 1 is 0.679 bits per heavy atom. The topological polar surface area (TPSA) is 57.3 Å². The van der Waals surface area contributed by atoms with Crippen molar-refractivity contribution < 1.29 is 0 Å². The van der Waals surface area contributed by atoms with Crippen molar-refractivity contribution in [2.24, 2.45) is 0 Å². The molecule has 0 atom stereocenters. The Balaban J connectivity index is 2.45. The van der Waals surface area contributed by atoms with Gasteiger partial charge in [-0.2, -0.15) is 10.5 Å². The molecule has 0 aliphatic rings. The minimum Gasteiger partial charge on any atom is -0.372 e. The number of hydrogen-bond acceptors (Lipinski definition) is 5. The first-order valence-electron chi connectivity index (χ1n) is 9.86. The van der Waals surface area contributed by atoms with E-state index in [9.17, 15) is 10.5 Å². The van der Waals surface area contributed by atoms with Gasteiger partial charge in [0.15, 0.2) is 0 Å². The number of nitriles is 2. The van der Waals surface area contributed by atoms with Crippen molar-refractivity contribution >= 4 is 22.7 Å². The average molecular weight is 376 g/mol. The van der Waals surface area contributed by atoms with E-state index in [2.05, 4.69) is 55.7 Å². The molecule has 0 saturated carbocycles. The molecule has 2 aromatic carbocycles. The van der Waals surface area contributed by atoms with Gasteiger partial charge >= 0.3 is 0 Å². The van der Waals surface area contributed by atoms with E-state index in [1.54, 1.807) is 0 Å². The lowest BCUT2D eigenvalue weighted by Gasteiger charge is -2.26. The van der Waals surface area contributed by atoms with Crippen molar-refractivity contribution in [3.8, 4) is 12.1 Å². The van der Waals surface area contributed by atoms with Crippen LogP contribution in [-0.4, -0.2) is 33.2 Å². The minimum atomic E-state index is 0.623. The van der Waals surface area contributed by atoms with Gasteiger partial charge in [-0.1, -0.05) is 0 Å². The maximum Gasteiger partial charge on any atom is 0.101 e. The summed E-state index contributed by atoms with van der Waals surface area (Å²) in [4.78, 5) is 6.36. The van der Waals surface area contributed by atoms with E-state index in [-0.39, 0.29) is 0 Å². The van der Waals surface area contributed by atoms with Crippen molar-refractivity contribution in [2.75, 3.05) is 47.9 Å². The molecular formula is C23H29N5. The molecule has 5 nitrogen and oxygen atoms in total. The summed E-state index contributed by atoms with van der Waals surface area (Å²) in [6.45, 7) is 11.9. The van der Waals surface area contributed by atoms with Crippen LogP contribution in [0, 0.1) is 22.7 Å². The van der Waals surface area contributed by atoms with Crippen molar-refractivity contribution in [3.63, 3.8) is 0 Å². The predicted octanol–water partition coefficient (Wildman–Crippen LogP) is 4.89. The highest BCUT2D eigenvalue weighted by Crippen LogP contribution is 2.32.